The molecule has 8 heteroatoms. The number of nitrogens with zero attached hydrogens (tertiary/aromatic N) is 1. The summed E-state index contributed by atoms with van der Waals surface area (Å²) in [4.78, 5) is 31.5. The van der Waals surface area contributed by atoms with E-state index in [1.807, 2.05) is 42.5 Å². The highest BCUT2D eigenvalue weighted by Crippen LogP contribution is 2.38. The second-order valence-electron chi connectivity index (χ2n) is 8.57. The number of ether oxygens (including phenoxy) is 3. The van der Waals surface area contributed by atoms with Crippen molar-refractivity contribution < 1.29 is 23.8 Å². The number of rotatable bonds is 5. The van der Waals surface area contributed by atoms with Gasteiger partial charge in [0.05, 0.1) is 25.4 Å². The highest BCUT2D eigenvalue weighted by molar-refractivity contribution is 9.11. The number of ketones is 1. The lowest BCUT2D eigenvalue weighted by atomic mass is 9.86. The molecule has 0 fully saturated rings. The summed E-state index contributed by atoms with van der Waals surface area (Å²) in [6.07, 6.45) is 4.52. The Morgan fingerprint density at radius 1 is 1.06 bits per heavy atom. The summed E-state index contributed by atoms with van der Waals surface area (Å²) in [5, 5.41) is 0.733. The fraction of sp³-hybridized carbons (Fsp3) is 0.179. The van der Waals surface area contributed by atoms with Gasteiger partial charge in [-0.15, -0.1) is 11.3 Å². The summed E-state index contributed by atoms with van der Waals surface area (Å²) in [5.41, 5.74) is 4.91. The maximum atomic E-state index is 13.4. The predicted molar refractivity (Wildman–Crippen MR) is 142 cm³/mol. The van der Waals surface area contributed by atoms with Crippen LogP contribution in [-0.2, 0) is 11.2 Å². The first kappa shape index (κ1) is 22.9. The fourth-order valence-corrected chi connectivity index (χ4v) is 5.96. The molecule has 2 aromatic heterocycles. The SMILES string of the molecule is O=C(COC(=O)c1c2c(nc3ccccc13)C(=Cc1ccc3c(c1)OCO3)CCC2)c1ccc(Br)s1. The molecule has 0 N–H and O–H groups in total. The number of aromatic nitrogens is 1. The molecule has 0 atom stereocenters. The van der Waals surface area contributed by atoms with Crippen molar-refractivity contribution in [1.29, 1.82) is 0 Å². The van der Waals surface area contributed by atoms with E-state index >= 15 is 0 Å². The van der Waals surface area contributed by atoms with Gasteiger partial charge in [0.15, 0.2) is 18.1 Å². The minimum atomic E-state index is -0.502. The van der Waals surface area contributed by atoms with Gasteiger partial charge in [-0.3, -0.25) is 4.79 Å². The van der Waals surface area contributed by atoms with E-state index in [9.17, 15) is 9.59 Å². The number of hydrogen-bond acceptors (Lipinski definition) is 7. The smallest absolute Gasteiger partial charge is 0.339 e. The fourth-order valence-electron chi connectivity index (χ4n) is 4.65. The van der Waals surface area contributed by atoms with Crippen LogP contribution in [0.25, 0.3) is 22.6 Å². The minimum absolute atomic E-state index is 0.226. The number of Topliss-reactive ketones (excluding diaryl/α,β-unsaturated/α-hetero) is 1. The van der Waals surface area contributed by atoms with Crippen molar-refractivity contribution in [2.75, 3.05) is 13.4 Å². The van der Waals surface area contributed by atoms with E-state index in [1.165, 1.54) is 11.3 Å². The van der Waals surface area contributed by atoms with Crippen molar-refractivity contribution in [2.45, 2.75) is 19.3 Å². The Kier molecular flexibility index (Phi) is 6.07. The van der Waals surface area contributed by atoms with Crippen LogP contribution in [0.2, 0.25) is 0 Å². The molecule has 180 valence electrons. The molecule has 1 aliphatic carbocycles. The van der Waals surface area contributed by atoms with Gasteiger partial charge in [-0.05, 0) is 88.3 Å². The molecule has 2 aromatic carbocycles. The number of para-hydroxylation sites is 1. The number of esters is 1. The Balaban J connectivity index is 1.37. The van der Waals surface area contributed by atoms with E-state index in [2.05, 4.69) is 22.0 Å². The zero-order valence-electron chi connectivity index (χ0n) is 19.1. The molecule has 0 saturated heterocycles. The normalized spacial score (nSPS) is 15.2. The summed E-state index contributed by atoms with van der Waals surface area (Å²) in [7, 11) is 0. The Morgan fingerprint density at radius 3 is 2.78 bits per heavy atom. The van der Waals surface area contributed by atoms with Crippen LogP contribution in [0, 0.1) is 0 Å². The van der Waals surface area contributed by atoms with Crippen molar-refractivity contribution in [3.8, 4) is 11.5 Å². The third kappa shape index (κ3) is 4.31. The summed E-state index contributed by atoms with van der Waals surface area (Å²) < 4.78 is 17.4. The second kappa shape index (κ2) is 9.52. The summed E-state index contributed by atoms with van der Waals surface area (Å²) in [6, 6.07) is 16.9. The molecular formula is C28H20BrNO5S. The lowest BCUT2D eigenvalue weighted by Gasteiger charge is -2.22. The number of thiophene rings is 1. The maximum absolute atomic E-state index is 13.4. The zero-order valence-corrected chi connectivity index (χ0v) is 21.5. The van der Waals surface area contributed by atoms with Gasteiger partial charge in [-0.2, -0.15) is 0 Å². The molecule has 2 aliphatic rings. The molecule has 3 heterocycles. The van der Waals surface area contributed by atoms with Gasteiger partial charge in [0.25, 0.3) is 0 Å². The monoisotopic (exact) mass is 561 g/mol. The molecule has 6 nitrogen and oxygen atoms in total. The first-order chi connectivity index (χ1) is 17.6. The van der Waals surface area contributed by atoms with E-state index in [4.69, 9.17) is 19.2 Å². The van der Waals surface area contributed by atoms with Crippen LogP contribution < -0.4 is 9.47 Å². The van der Waals surface area contributed by atoms with Gasteiger partial charge in [0, 0.05) is 5.39 Å². The molecule has 1 aliphatic heterocycles. The van der Waals surface area contributed by atoms with Gasteiger partial charge in [0.1, 0.15) is 0 Å². The minimum Gasteiger partial charge on any atom is -0.454 e. The number of benzene rings is 2. The quantitative estimate of drug-likeness (QED) is 0.199. The molecule has 36 heavy (non-hydrogen) atoms. The molecule has 0 radical (unpaired) electrons. The maximum Gasteiger partial charge on any atom is 0.339 e. The molecule has 4 aromatic rings. The van der Waals surface area contributed by atoms with Crippen molar-refractivity contribution in [3.05, 3.63) is 85.6 Å². The first-order valence-corrected chi connectivity index (χ1v) is 13.2. The van der Waals surface area contributed by atoms with Gasteiger partial charge < -0.3 is 14.2 Å². The van der Waals surface area contributed by atoms with E-state index in [-0.39, 0.29) is 19.2 Å². The first-order valence-electron chi connectivity index (χ1n) is 11.5. The highest BCUT2D eigenvalue weighted by atomic mass is 79.9. The lowest BCUT2D eigenvalue weighted by molar-refractivity contribution is 0.0476. The van der Waals surface area contributed by atoms with E-state index in [0.29, 0.717) is 16.9 Å². The molecule has 0 saturated carbocycles. The average molecular weight is 562 g/mol. The van der Waals surface area contributed by atoms with Crippen molar-refractivity contribution in [3.63, 3.8) is 0 Å². The van der Waals surface area contributed by atoms with Crippen molar-refractivity contribution in [1.82, 2.24) is 4.98 Å². The van der Waals surface area contributed by atoms with Crippen LogP contribution in [0.1, 0.15) is 49.7 Å². The van der Waals surface area contributed by atoms with Crippen LogP contribution in [0.5, 0.6) is 11.5 Å². The Bertz CT molecular complexity index is 1560. The van der Waals surface area contributed by atoms with Crippen LogP contribution in [0.15, 0.2) is 58.4 Å². The molecule has 0 amide bonds. The Morgan fingerprint density at radius 2 is 1.92 bits per heavy atom. The molecule has 0 bridgehead atoms. The Hall–Kier alpha value is -3.49. The van der Waals surface area contributed by atoms with Crippen molar-refractivity contribution in [2.24, 2.45) is 0 Å². The molecule has 0 unspecified atom stereocenters. The standard InChI is InChI=1S/C28H20BrNO5S/c29-25-11-10-24(36-25)21(31)14-33-28(32)26-18-5-1-2-7-20(18)30-27-17(4-3-6-19(26)27)12-16-8-9-22-23(13-16)35-15-34-22/h1-2,5,7-13H,3-4,6,14-15H2. The van der Waals surface area contributed by atoms with Gasteiger partial charge >= 0.3 is 5.97 Å². The topological polar surface area (TPSA) is 74.7 Å². The second-order valence-corrected chi connectivity index (χ2v) is 11.0. The number of allylic oxidation sites excluding steroid dienone is 1. The molecule has 0 spiro atoms. The molecule has 6 rings (SSSR count). The van der Waals surface area contributed by atoms with E-state index in [1.54, 1.807) is 12.1 Å². The number of fused-ring (bicyclic) bond motifs is 3. The summed E-state index contributed by atoms with van der Waals surface area (Å²) in [6.45, 7) is -0.0828. The largest absolute Gasteiger partial charge is 0.454 e. The highest BCUT2D eigenvalue weighted by Gasteiger charge is 2.27. The third-order valence-electron chi connectivity index (χ3n) is 6.29. The van der Waals surface area contributed by atoms with Crippen LogP contribution in [0.4, 0.5) is 0 Å². The van der Waals surface area contributed by atoms with Crippen LogP contribution in [-0.4, -0.2) is 30.1 Å². The van der Waals surface area contributed by atoms with Gasteiger partial charge in [-0.25, -0.2) is 9.78 Å². The lowest BCUT2D eigenvalue weighted by Crippen LogP contribution is -2.18. The predicted octanol–water partition coefficient (Wildman–Crippen LogP) is 6.70. The zero-order chi connectivity index (χ0) is 24.6. The molecular weight excluding hydrogens is 542 g/mol. The van der Waals surface area contributed by atoms with Crippen LogP contribution in [0.3, 0.4) is 0 Å². The van der Waals surface area contributed by atoms with Crippen LogP contribution >= 0.6 is 27.3 Å². The van der Waals surface area contributed by atoms with E-state index in [0.717, 1.165) is 61.4 Å². The summed E-state index contributed by atoms with van der Waals surface area (Å²) in [5.74, 6) is 0.728. The Labute approximate surface area is 219 Å². The third-order valence-corrected chi connectivity index (χ3v) is 7.96. The number of pyridine rings is 1. The number of carbonyl (C=O) groups is 2. The average Bonchev–Trinajstić information content (AvgIpc) is 3.54. The number of halogens is 1. The van der Waals surface area contributed by atoms with E-state index < -0.39 is 5.97 Å². The van der Waals surface area contributed by atoms with Gasteiger partial charge in [0.2, 0.25) is 12.6 Å². The number of hydrogen-bond donors (Lipinski definition) is 0. The summed E-state index contributed by atoms with van der Waals surface area (Å²) >= 11 is 4.68. The van der Waals surface area contributed by atoms with Gasteiger partial charge in [-0.1, -0.05) is 24.3 Å². The van der Waals surface area contributed by atoms with Crippen molar-refractivity contribution >= 4 is 61.6 Å². The number of carbonyl (C=O) groups excluding carboxylic acids is 2.